The first-order valence-corrected chi connectivity index (χ1v) is 5.24. The summed E-state index contributed by atoms with van der Waals surface area (Å²) in [6.45, 7) is 0. The van der Waals surface area contributed by atoms with Gasteiger partial charge in [-0.15, -0.1) is 0 Å². The lowest BCUT2D eigenvalue weighted by Crippen LogP contribution is -2.26. The minimum absolute atomic E-state index is 0.0445. The van der Waals surface area contributed by atoms with Gasteiger partial charge in [0.2, 0.25) is 5.91 Å². The summed E-state index contributed by atoms with van der Waals surface area (Å²) in [4.78, 5) is 11.4. The second-order valence-corrected chi connectivity index (χ2v) is 3.38. The maximum absolute atomic E-state index is 11.4. The van der Waals surface area contributed by atoms with Gasteiger partial charge in [-0.05, 0) is 5.56 Å². The molecule has 3 heteroatoms. The lowest BCUT2D eigenvalue weighted by Gasteiger charge is -2.11. The summed E-state index contributed by atoms with van der Waals surface area (Å²) in [5, 5.41) is 3.30. The molecule has 0 fully saturated rings. The molecule has 0 aromatic heterocycles. The Morgan fingerprint density at radius 2 is 2.08 bits per heavy atom. The van der Waals surface area contributed by atoms with E-state index < -0.39 is 0 Å². The number of carbonyl (C=O) groups is 1. The smallest absolute Gasteiger partial charge is 0.228 e. The van der Waals surface area contributed by atoms with Crippen LogP contribution in [0.5, 0.6) is 0 Å². The quantitative estimate of drug-likeness (QED) is 0.806. The monoisotopic (exact) mass is 241 g/mol. The van der Waals surface area contributed by atoms with Gasteiger partial charge in [0.1, 0.15) is 0 Å². The summed E-state index contributed by atoms with van der Waals surface area (Å²) in [6, 6.07) is 9.74. The second kappa shape index (κ2) is 5.02. The molecule has 1 aromatic rings. The number of alkyl halides is 1. The van der Waals surface area contributed by atoms with Crippen molar-refractivity contribution in [3.05, 3.63) is 35.9 Å². The van der Waals surface area contributed by atoms with E-state index in [4.69, 9.17) is 0 Å². The first kappa shape index (κ1) is 10.3. The maximum Gasteiger partial charge on any atom is 0.228 e. The van der Waals surface area contributed by atoms with Crippen LogP contribution >= 0.6 is 15.9 Å². The molecular weight excluding hydrogens is 230 g/mol. The Morgan fingerprint density at radius 3 is 2.54 bits per heavy atom. The van der Waals surface area contributed by atoms with E-state index in [0.29, 0.717) is 5.33 Å². The minimum Gasteiger partial charge on any atom is -0.359 e. The summed E-state index contributed by atoms with van der Waals surface area (Å²) >= 11 is 3.33. The molecule has 0 aliphatic heterocycles. The Balaban J connectivity index is 2.85. The summed E-state index contributed by atoms with van der Waals surface area (Å²) in [5.74, 6) is -0.0470. The van der Waals surface area contributed by atoms with E-state index in [1.54, 1.807) is 7.05 Å². The summed E-state index contributed by atoms with van der Waals surface area (Å²) < 4.78 is 0. The van der Waals surface area contributed by atoms with Gasteiger partial charge in [-0.3, -0.25) is 4.79 Å². The number of likely N-dealkylation sites (N-methyl/N-ethyl adjacent to an activating group) is 1. The highest BCUT2D eigenvalue weighted by Crippen LogP contribution is 2.17. The Labute approximate surface area is 86.5 Å². The van der Waals surface area contributed by atoms with Crippen LogP contribution in [-0.4, -0.2) is 18.3 Å². The van der Waals surface area contributed by atoms with Crippen molar-refractivity contribution in [2.45, 2.75) is 5.92 Å². The molecular formula is C10H12BrNO. The molecule has 0 spiro atoms. The zero-order chi connectivity index (χ0) is 9.68. The highest BCUT2D eigenvalue weighted by Gasteiger charge is 2.16. The molecule has 0 aliphatic carbocycles. The van der Waals surface area contributed by atoms with Gasteiger partial charge < -0.3 is 5.32 Å². The molecule has 0 saturated heterocycles. The number of hydrogen-bond donors (Lipinski definition) is 1. The van der Waals surface area contributed by atoms with Crippen LogP contribution in [0.15, 0.2) is 30.3 Å². The van der Waals surface area contributed by atoms with Crippen molar-refractivity contribution < 1.29 is 4.79 Å². The lowest BCUT2D eigenvalue weighted by molar-refractivity contribution is -0.121. The molecule has 1 rings (SSSR count). The Morgan fingerprint density at radius 1 is 1.46 bits per heavy atom. The van der Waals surface area contributed by atoms with Crippen molar-refractivity contribution in [1.82, 2.24) is 5.32 Å². The van der Waals surface area contributed by atoms with E-state index in [1.807, 2.05) is 30.3 Å². The fraction of sp³-hybridized carbons (Fsp3) is 0.300. The van der Waals surface area contributed by atoms with E-state index in [2.05, 4.69) is 21.2 Å². The second-order valence-electron chi connectivity index (χ2n) is 2.73. The minimum atomic E-state index is -0.0915. The molecule has 0 bridgehead atoms. The molecule has 0 aliphatic rings. The van der Waals surface area contributed by atoms with Gasteiger partial charge >= 0.3 is 0 Å². The van der Waals surface area contributed by atoms with Crippen LogP contribution in [0.4, 0.5) is 0 Å². The number of benzene rings is 1. The average molecular weight is 242 g/mol. The third kappa shape index (κ3) is 2.56. The van der Waals surface area contributed by atoms with Crippen molar-refractivity contribution in [2.24, 2.45) is 0 Å². The molecule has 70 valence electrons. The van der Waals surface area contributed by atoms with Crippen LogP contribution in [0.3, 0.4) is 0 Å². The van der Waals surface area contributed by atoms with Crippen molar-refractivity contribution >= 4 is 21.8 Å². The highest BCUT2D eigenvalue weighted by molar-refractivity contribution is 9.09. The fourth-order valence-electron chi connectivity index (χ4n) is 1.17. The molecule has 2 nitrogen and oxygen atoms in total. The zero-order valence-electron chi connectivity index (χ0n) is 7.46. The predicted molar refractivity (Wildman–Crippen MR) is 57.0 cm³/mol. The largest absolute Gasteiger partial charge is 0.359 e. The molecule has 1 N–H and O–H groups in total. The van der Waals surface area contributed by atoms with Crippen LogP contribution < -0.4 is 5.32 Å². The molecule has 13 heavy (non-hydrogen) atoms. The number of hydrogen-bond acceptors (Lipinski definition) is 1. The van der Waals surface area contributed by atoms with Crippen molar-refractivity contribution in [1.29, 1.82) is 0 Å². The molecule has 0 saturated carbocycles. The predicted octanol–water partition coefficient (Wildman–Crippen LogP) is 1.91. The van der Waals surface area contributed by atoms with E-state index in [-0.39, 0.29) is 11.8 Å². The average Bonchev–Trinajstić information content (AvgIpc) is 2.20. The van der Waals surface area contributed by atoms with Crippen LogP contribution in [0.1, 0.15) is 11.5 Å². The van der Waals surface area contributed by atoms with Crippen LogP contribution in [-0.2, 0) is 4.79 Å². The summed E-state index contributed by atoms with van der Waals surface area (Å²) in [7, 11) is 1.65. The maximum atomic E-state index is 11.4. The summed E-state index contributed by atoms with van der Waals surface area (Å²) in [5.41, 5.74) is 1.04. The van der Waals surface area contributed by atoms with Gasteiger partial charge in [0.15, 0.2) is 0 Å². The van der Waals surface area contributed by atoms with Crippen LogP contribution in [0, 0.1) is 0 Å². The van der Waals surface area contributed by atoms with Gasteiger partial charge in [-0.1, -0.05) is 46.3 Å². The Bertz CT molecular complexity index is 274. The number of rotatable bonds is 3. The van der Waals surface area contributed by atoms with E-state index >= 15 is 0 Å². The lowest BCUT2D eigenvalue weighted by atomic mass is 10.0. The van der Waals surface area contributed by atoms with Gasteiger partial charge in [0.05, 0.1) is 5.92 Å². The van der Waals surface area contributed by atoms with E-state index in [1.165, 1.54) is 0 Å². The van der Waals surface area contributed by atoms with Gasteiger partial charge in [-0.25, -0.2) is 0 Å². The number of halogens is 1. The molecule has 1 atom stereocenters. The normalized spacial score (nSPS) is 12.2. The first-order valence-electron chi connectivity index (χ1n) is 4.12. The molecule has 0 radical (unpaired) electrons. The first-order chi connectivity index (χ1) is 6.29. The molecule has 1 aromatic carbocycles. The van der Waals surface area contributed by atoms with Gasteiger partial charge in [0, 0.05) is 12.4 Å². The van der Waals surface area contributed by atoms with Crippen molar-refractivity contribution in [3.63, 3.8) is 0 Å². The Hall–Kier alpha value is -0.830. The number of nitrogens with one attached hydrogen (secondary N) is 1. The Kier molecular flexibility index (Phi) is 3.96. The third-order valence-electron chi connectivity index (χ3n) is 1.92. The van der Waals surface area contributed by atoms with Gasteiger partial charge in [0.25, 0.3) is 0 Å². The van der Waals surface area contributed by atoms with Crippen LogP contribution in [0.2, 0.25) is 0 Å². The number of amides is 1. The van der Waals surface area contributed by atoms with Gasteiger partial charge in [-0.2, -0.15) is 0 Å². The standard InChI is InChI=1S/C10H12BrNO/c1-12-10(13)9(7-11)8-5-3-2-4-6-8/h2-6,9H,7H2,1H3,(H,12,13). The van der Waals surface area contributed by atoms with Crippen molar-refractivity contribution in [2.75, 3.05) is 12.4 Å². The summed E-state index contributed by atoms with van der Waals surface area (Å²) in [6.07, 6.45) is 0. The molecule has 1 unspecified atom stereocenters. The SMILES string of the molecule is CNC(=O)C(CBr)c1ccccc1. The van der Waals surface area contributed by atoms with Crippen molar-refractivity contribution in [3.8, 4) is 0 Å². The highest BCUT2D eigenvalue weighted by atomic mass is 79.9. The van der Waals surface area contributed by atoms with E-state index in [9.17, 15) is 4.79 Å². The number of carbonyl (C=O) groups excluding carboxylic acids is 1. The third-order valence-corrected chi connectivity index (χ3v) is 2.57. The van der Waals surface area contributed by atoms with Crippen LogP contribution in [0.25, 0.3) is 0 Å². The zero-order valence-corrected chi connectivity index (χ0v) is 9.04. The molecule has 0 heterocycles. The van der Waals surface area contributed by atoms with E-state index in [0.717, 1.165) is 5.56 Å². The fourth-order valence-corrected chi connectivity index (χ4v) is 1.84. The topological polar surface area (TPSA) is 29.1 Å². The molecule has 1 amide bonds.